The molecular weight excluding hydrogens is 254 g/mol. The molecule has 2 atom stereocenters. The van der Waals surface area contributed by atoms with Crippen molar-refractivity contribution in [3.05, 3.63) is 12.0 Å². The predicted molar refractivity (Wildman–Crippen MR) is 77.9 cm³/mol. The Morgan fingerprint density at radius 3 is 2.60 bits per heavy atom. The zero-order chi connectivity index (χ0) is 14.3. The minimum absolute atomic E-state index is 0.213. The largest absolute Gasteiger partial charge is 0.372 e. The SMILES string of the molecule is CCc1nc(N2C[C@@H](C)O[C@@H](C)C2)c2cnn(C)c2n1. The van der Waals surface area contributed by atoms with Crippen molar-refractivity contribution >= 4 is 16.9 Å². The minimum Gasteiger partial charge on any atom is -0.372 e. The molecule has 3 rings (SSSR count). The maximum Gasteiger partial charge on any atom is 0.163 e. The maximum atomic E-state index is 5.81. The molecule has 2 aromatic heterocycles. The number of hydrogen-bond acceptors (Lipinski definition) is 5. The van der Waals surface area contributed by atoms with Crippen LogP contribution in [0, 0.1) is 0 Å². The van der Waals surface area contributed by atoms with Crippen molar-refractivity contribution in [3.63, 3.8) is 0 Å². The number of fused-ring (bicyclic) bond motifs is 1. The first-order valence-electron chi connectivity index (χ1n) is 7.17. The van der Waals surface area contributed by atoms with Crippen molar-refractivity contribution < 1.29 is 4.74 Å². The van der Waals surface area contributed by atoms with Gasteiger partial charge in [-0.25, -0.2) is 9.97 Å². The summed E-state index contributed by atoms with van der Waals surface area (Å²) in [6.45, 7) is 7.99. The summed E-state index contributed by atoms with van der Waals surface area (Å²) < 4.78 is 7.62. The van der Waals surface area contributed by atoms with Gasteiger partial charge in [-0.15, -0.1) is 0 Å². The number of anilines is 1. The van der Waals surface area contributed by atoms with E-state index < -0.39 is 0 Å². The maximum absolute atomic E-state index is 5.81. The summed E-state index contributed by atoms with van der Waals surface area (Å²) in [5.41, 5.74) is 0.902. The Labute approximate surface area is 118 Å². The van der Waals surface area contributed by atoms with Crippen molar-refractivity contribution in [2.45, 2.75) is 39.4 Å². The molecule has 108 valence electrons. The highest BCUT2D eigenvalue weighted by atomic mass is 16.5. The average Bonchev–Trinajstić information content (AvgIpc) is 2.78. The Morgan fingerprint density at radius 2 is 1.95 bits per heavy atom. The first-order valence-corrected chi connectivity index (χ1v) is 7.17. The molecular formula is C14H21N5O. The molecule has 2 aromatic rings. The van der Waals surface area contributed by atoms with Crippen LogP contribution in [0.25, 0.3) is 11.0 Å². The number of ether oxygens (including phenoxy) is 1. The third-order valence-corrected chi connectivity index (χ3v) is 3.65. The molecule has 6 heteroatoms. The van der Waals surface area contributed by atoms with Crippen LogP contribution in [0.3, 0.4) is 0 Å². The second-order valence-electron chi connectivity index (χ2n) is 5.48. The Kier molecular flexibility index (Phi) is 3.33. The number of aryl methyl sites for hydroxylation is 2. The summed E-state index contributed by atoms with van der Waals surface area (Å²) in [6, 6.07) is 0. The highest BCUT2D eigenvalue weighted by Gasteiger charge is 2.25. The molecule has 1 saturated heterocycles. The molecule has 1 aliphatic rings. The van der Waals surface area contributed by atoms with Crippen LogP contribution >= 0.6 is 0 Å². The average molecular weight is 275 g/mol. The Hall–Kier alpha value is -1.69. The smallest absolute Gasteiger partial charge is 0.163 e. The molecule has 1 aliphatic heterocycles. The molecule has 0 amide bonds. The monoisotopic (exact) mass is 275 g/mol. The van der Waals surface area contributed by atoms with Gasteiger partial charge in [0.2, 0.25) is 0 Å². The van der Waals surface area contributed by atoms with Gasteiger partial charge in [0, 0.05) is 26.6 Å². The number of morpholine rings is 1. The highest BCUT2D eigenvalue weighted by Crippen LogP contribution is 2.26. The lowest BCUT2D eigenvalue weighted by atomic mass is 10.2. The number of nitrogens with zero attached hydrogens (tertiary/aromatic N) is 5. The van der Waals surface area contributed by atoms with Crippen molar-refractivity contribution in [3.8, 4) is 0 Å². The van der Waals surface area contributed by atoms with E-state index in [4.69, 9.17) is 9.72 Å². The summed E-state index contributed by atoms with van der Waals surface area (Å²) in [6.07, 6.45) is 3.11. The van der Waals surface area contributed by atoms with E-state index in [1.807, 2.05) is 17.9 Å². The van der Waals surface area contributed by atoms with Crippen LogP contribution in [0.4, 0.5) is 5.82 Å². The Bertz CT molecular complexity index is 613. The van der Waals surface area contributed by atoms with E-state index in [0.717, 1.165) is 42.2 Å². The Morgan fingerprint density at radius 1 is 1.25 bits per heavy atom. The van der Waals surface area contributed by atoms with Gasteiger partial charge < -0.3 is 9.64 Å². The molecule has 0 unspecified atom stereocenters. The fourth-order valence-electron chi connectivity index (χ4n) is 2.80. The third-order valence-electron chi connectivity index (χ3n) is 3.65. The van der Waals surface area contributed by atoms with E-state index in [0.29, 0.717) is 0 Å². The lowest BCUT2D eigenvalue weighted by Gasteiger charge is -2.36. The summed E-state index contributed by atoms with van der Waals surface area (Å²) >= 11 is 0. The molecule has 0 N–H and O–H groups in total. The summed E-state index contributed by atoms with van der Waals surface area (Å²) in [5.74, 6) is 1.85. The summed E-state index contributed by atoms with van der Waals surface area (Å²) in [4.78, 5) is 11.6. The van der Waals surface area contributed by atoms with E-state index in [9.17, 15) is 0 Å². The van der Waals surface area contributed by atoms with Crippen molar-refractivity contribution in [2.24, 2.45) is 7.05 Å². The predicted octanol–water partition coefficient (Wildman–Crippen LogP) is 1.54. The van der Waals surface area contributed by atoms with Gasteiger partial charge in [-0.1, -0.05) is 6.92 Å². The van der Waals surface area contributed by atoms with Gasteiger partial charge in [0.25, 0.3) is 0 Å². The molecule has 0 aromatic carbocycles. The molecule has 0 bridgehead atoms. The molecule has 3 heterocycles. The topological polar surface area (TPSA) is 56.1 Å². The van der Waals surface area contributed by atoms with Gasteiger partial charge in [-0.2, -0.15) is 5.10 Å². The highest BCUT2D eigenvalue weighted by molar-refractivity contribution is 5.87. The van der Waals surface area contributed by atoms with Crippen LogP contribution in [-0.4, -0.2) is 45.0 Å². The van der Waals surface area contributed by atoms with Gasteiger partial charge in [0.05, 0.1) is 23.8 Å². The first-order chi connectivity index (χ1) is 9.58. The Balaban J connectivity index is 2.09. The van der Waals surface area contributed by atoms with Crippen molar-refractivity contribution in [2.75, 3.05) is 18.0 Å². The van der Waals surface area contributed by atoms with E-state index in [-0.39, 0.29) is 12.2 Å². The minimum atomic E-state index is 0.213. The second kappa shape index (κ2) is 5.01. The quantitative estimate of drug-likeness (QED) is 0.832. The molecule has 0 radical (unpaired) electrons. The lowest BCUT2D eigenvalue weighted by molar-refractivity contribution is -0.00538. The van der Waals surface area contributed by atoms with Crippen LogP contribution in [0.15, 0.2) is 6.20 Å². The molecule has 0 spiro atoms. The standard InChI is InChI=1S/C14H21N5O/c1-5-12-16-13-11(6-15-18(13)4)14(17-12)19-7-9(2)20-10(3)8-19/h6,9-10H,5,7-8H2,1-4H3/t9-,10+. The van der Waals surface area contributed by atoms with Gasteiger partial charge in [0.1, 0.15) is 11.6 Å². The van der Waals surface area contributed by atoms with E-state index in [2.05, 4.69) is 35.8 Å². The fourth-order valence-corrected chi connectivity index (χ4v) is 2.80. The van der Waals surface area contributed by atoms with Crippen LogP contribution in [0.5, 0.6) is 0 Å². The van der Waals surface area contributed by atoms with Crippen molar-refractivity contribution in [1.29, 1.82) is 0 Å². The molecule has 0 saturated carbocycles. The lowest BCUT2D eigenvalue weighted by Crippen LogP contribution is -2.46. The van der Waals surface area contributed by atoms with Crippen LogP contribution in [0.1, 0.15) is 26.6 Å². The normalized spacial score (nSPS) is 23.5. The first kappa shape index (κ1) is 13.3. The van der Waals surface area contributed by atoms with Gasteiger partial charge >= 0.3 is 0 Å². The summed E-state index contributed by atoms with van der Waals surface area (Å²) in [7, 11) is 1.92. The van der Waals surface area contributed by atoms with Crippen LogP contribution in [0.2, 0.25) is 0 Å². The molecule has 1 fully saturated rings. The van der Waals surface area contributed by atoms with Gasteiger partial charge in [-0.05, 0) is 13.8 Å². The third kappa shape index (κ3) is 2.24. The summed E-state index contributed by atoms with van der Waals surface area (Å²) in [5, 5.41) is 5.34. The van der Waals surface area contributed by atoms with E-state index in [1.165, 1.54) is 0 Å². The van der Waals surface area contributed by atoms with Gasteiger partial charge in [-0.3, -0.25) is 4.68 Å². The van der Waals surface area contributed by atoms with Crippen molar-refractivity contribution in [1.82, 2.24) is 19.7 Å². The van der Waals surface area contributed by atoms with Crippen LogP contribution in [-0.2, 0) is 18.2 Å². The molecule has 0 aliphatic carbocycles. The van der Waals surface area contributed by atoms with E-state index >= 15 is 0 Å². The fraction of sp³-hybridized carbons (Fsp3) is 0.643. The van der Waals surface area contributed by atoms with Crippen LogP contribution < -0.4 is 4.90 Å². The number of aromatic nitrogens is 4. The second-order valence-corrected chi connectivity index (χ2v) is 5.48. The number of hydrogen-bond donors (Lipinski definition) is 0. The molecule has 6 nitrogen and oxygen atoms in total. The number of rotatable bonds is 2. The molecule has 20 heavy (non-hydrogen) atoms. The van der Waals surface area contributed by atoms with E-state index in [1.54, 1.807) is 0 Å². The zero-order valence-electron chi connectivity index (χ0n) is 12.5. The zero-order valence-corrected chi connectivity index (χ0v) is 12.5. The van der Waals surface area contributed by atoms with Gasteiger partial charge in [0.15, 0.2) is 5.65 Å².